The quantitative estimate of drug-likeness (QED) is 0.403. The molecule has 2 aromatic carbocycles. The molecule has 8 nitrogen and oxygen atoms in total. The van der Waals surface area contributed by atoms with Gasteiger partial charge in [0.25, 0.3) is 5.22 Å². The molecule has 0 spiro atoms. The number of hydrogen-bond acceptors (Lipinski definition) is 8. The Hall–Kier alpha value is -3.33. The molecule has 3 rings (SSSR count). The van der Waals surface area contributed by atoms with Crippen molar-refractivity contribution in [2.45, 2.75) is 18.6 Å². The number of nitrogens with zero attached hydrogens (tertiary/aromatic N) is 2. The maximum Gasteiger partial charge on any atom is 0.338 e. The molecule has 0 aliphatic carbocycles. The molecule has 1 heterocycles. The lowest BCUT2D eigenvalue weighted by molar-refractivity contribution is -0.113. The SMILES string of the molecule is CCCOC(=O)c1cccc(NC(=O)CSc2nnc(-c3ccc(OC)cc3)o2)c1. The normalized spacial score (nSPS) is 10.5. The minimum absolute atomic E-state index is 0.0781. The van der Waals surface area contributed by atoms with E-state index >= 15 is 0 Å². The molecular formula is C21H21N3O5S. The van der Waals surface area contributed by atoms with E-state index in [1.54, 1.807) is 43.5 Å². The molecule has 0 fully saturated rings. The highest BCUT2D eigenvalue weighted by atomic mass is 32.2. The first-order chi connectivity index (χ1) is 14.6. The van der Waals surface area contributed by atoms with Crippen molar-refractivity contribution in [1.29, 1.82) is 0 Å². The number of carbonyl (C=O) groups is 2. The molecule has 9 heteroatoms. The fraction of sp³-hybridized carbons (Fsp3) is 0.238. The van der Waals surface area contributed by atoms with Crippen LogP contribution in [0.25, 0.3) is 11.5 Å². The van der Waals surface area contributed by atoms with E-state index in [4.69, 9.17) is 13.9 Å². The summed E-state index contributed by atoms with van der Waals surface area (Å²) in [4.78, 5) is 24.2. The van der Waals surface area contributed by atoms with Crippen LogP contribution in [0.1, 0.15) is 23.7 Å². The molecule has 1 N–H and O–H groups in total. The number of hydrogen-bond donors (Lipinski definition) is 1. The average molecular weight is 427 g/mol. The van der Waals surface area contributed by atoms with E-state index in [9.17, 15) is 9.59 Å². The van der Waals surface area contributed by atoms with Crippen molar-refractivity contribution in [3.05, 3.63) is 54.1 Å². The number of ether oxygens (including phenoxy) is 2. The van der Waals surface area contributed by atoms with Gasteiger partial charge in [0.2, 0.25) is 11.8 Å². The van der Waals surface area contributed by atoms with Gasteiger partial charge in [-0.05, 0) is 48.9 Å². The van der Waals surface area contributed by atoms with Gasteiger partial charge in [-0.25, -0.2) is 4.79 Å². The van der Waals surface area contributed by atoms with Crippen LogP contribution >= 0.6 is 11.8 Å². The maximum absolute atomic E-state index is 12.2. The van der Waals surface area contributed by atoms with E-state index < -0.39 is 5.97 Å². The summed E-state index contributed by atoms with van der Waals surface area (Å²) in [5, 5.41) is 11.0. The molecule has 3 aromatic rings. The van der Waals surface area contributed by atoms with Gasteiger partial charge in [-0.1, -0.05) is 24.8 Å². The highest BCUT2D eigenvalue weighted by Gasteiger charge is 2.13. The lowest BCUT2D eigenvalue weighted by Crippen LogP contribution is -2.14. The first kappa shape index (κ1) is 21.4. The van der Waals surface area contributed by atoms with Crippen molar-refractivity contribution >= 4 is 29.3 Å². The smallest absolute Gasteiger partial charge is 0.338 e. The fourth-order valence-corrected chi connectivity index (χ4v) is 3.01. The predicted molar refractivity (Wildman–Crippen MR) is 113 cm³/mol. The molecule has 1 amide bonds. The largest absolute Gasteiger partial charge is 0.497 e. The van der Waals surface area contributed by atoms with Crippen LogP contribution in [0.5, 0.6) is 5.75 Å². The second kappa shape index (κ2) is 10.4. The molecular weight excluding hydrogens is 406 g/mol. The molecule has 0 atom stereocenters. The number of amides is 1. The van der Waals surface area contributed by atoms with Crippen LogP contribution in [-0.4, -0.2) is 41.5 Å². The molecule has 0 radical (unpaired) electrons. The van der Waals surface area contributed by atoms with Gasteiger partial charge >= 0.3 is 5.97 Å². The second-order valence-corrected chi connectivity index (χ2v) is 7.08. The molecule has 0 unspecified atom stereocenters. The molecule has 0 saturated carbocycles. The minimum atomic E-state index is -0.417. The number of aromatic nitrogens is 2. The lowest BCUT2D eigenvalue weighted by Gasteiger charge is -2.07. The summed E-state index contributed by atoms with van der Waals surface area (Å²) in [5.41, 5.74) is 1.65. The molecule has 1 aromatic heterocycles. The summed E-state index contributed by atoms with van der Waals surface area (Å²) in [6.45, 7) is 2.28. The summed E-state index contributed by atoms with van der Waals surface area (Å²) in [7, 11) is 1.59. The monoisotopic (exact) mass is 427 g/mol. The van der Waals surface area contributed by atoms with Crippen LogP contribution in [-0.2, 0) is 9.53 Å². The number of rotatable bonds is 9. The van der Waals surface area contributed by atoms with E-state index in [0.717, 1.165) is 29.5 Å². The van der Waals surface area contributed by atoms with Crippen molar-refractivity contribution in [3.8, 4) is 17.2 Å². The highest BCUT2D eigenvalue weighted by Crippen LogP contribution is 2.25. The average Bonchev–Trinajstić information content (AvgIpc) is 3.25. The van der Waals surface area contributed by atoms with Crippen molar-refractivity contribution in [1.82, 2.24) is 10.2 Å². The van der Waals surface area contributed by atoms with Crippen molar-refractivity contribution < 1.29 is 23.5 Å². The Morgan fingerprint density at radius 2 is 1.93 bits per heavy atom. The van der Waals surface area contributed by atoms with Crippen molar-refractivity contribution in [3.63, 3.8) is 0 Å². The third-order valence-electron chi connectivity index (χ3n) is 3.89. The van der Waals surface area contributed by atoms with Crippen molar-refractivity contribution in [2.75, 3.05) is 24.8 Å². The van der Waals surface area contributed by atoms with Crippen LogP contribution in [0.4, 0.5) is 5.69 Å². The Morgan fingerprint density at radius 1 is 1.13 bits per heavy atom. The summed E-state index contributed by atoms with van der Waals surface area (Å²) >= 11 is 1.12. The van der Waals surface area contributed by atoms with Gasteiger partial charge in [-0.2, -0.15) is 0 Å². The van der Waals surface area contributed by atoms with Gasteiger partial charge in [-0.3, -0.25) is 4.79 Å². The fourth-order valence-electron chi connectivity index (χ4n) is 2.44. The van der Waals surface area contributed by atoms with E-state index in [0.29, 0.717) is 23.7 Å². The predicted octanol–water partition coefficient (Wildman–Crippen LogP) is 4.04. The number of nitrogens with one attached hydrogen (secondary N) is 1. The third-order valence-corrected chi connectivity index (χ3v) is 4.71. The van der Waals surface area contributed by atoms with Gasteiger partial charge < -0.3 is 19.2 Å². The number of thioether (sulfide) groups is 1. The molecule has 0 bridgehead atoms. The Bertz CT molecular complexity index is 1000. The van der Waals surface area contributed by atoms with E-state index in [-0.39, 0.29) is 16.9 Å². The van der Waals surface area contributed by atoms with Gasteiger partial charge in [0.05, 0.1) is 25.0 Å². The molecule has 0 aliphatic heterocycles. The van der Waals surface area contributed by atoms with Crippen LogP contribution < -0.4 is 10.1 Å². The number of carbonyl (C=O) groups excluding carboxylic acids is 2. The number of benzene rings is 2. The lowest BCUT2D eigenvalue weighted by atomic mass is 10.2. The van der Waals surface area contributed by atoms with Gasteiger partial charge in [0.1, 0.15) is 5.75 Å². The molecule has 156 valence electrons. The standard InChI is InChI=1S/C21H21N3O5S/c1-3-11-28-20(26)15-5-4-6-16(12-15)22-18(25)13-30-21-24-23-19(29-21)14-7-9-17(27-2)10-8-14/h4-10,12H,3,11,13H2,1-2H3,(H,22,25). The first-order valence-corrected chi connectivity index (χ1v) is 10.3. The van der Waals surface area contributed by atoms with Crippen LogP contribution in [0.3, 0.4) is 0 Å². The first-order valence-electron chi connectivity index (χ1n) is 9.27. The summed E-state index contributed by atoms with van der Waals surface area (Å²) in [6, 6.07) is 13.8. The van der Waals surface area contributed by atoms with E-state index in [1.165, 1.54) is 0 Å². The van der Waals surface area contributed by atoms with E-state index in [2.05, 4.69) is 15.5 Å². The van der Waals surface area contributed by atoms with Crippen LogP contribution in [0, 0.1) is 0 Å². The van der Waals surface area contributed by atoms with Crippen LogP contribution in [0.15, 0.2) is 58.2 Å². The maximum atomic E-state index is 12.2. The second-order valence-electron chi connectivity index (χ2n) is 6.16. The third kappa shape index (κ3) is 5.84. The van der Waals surface area contributed by atoms with Gasteiger partial charge in [-0.15, -0.1) is 10.2 Å². The molecule has 30 heavy (non-hydrogen) atoms. The zero-order valence-corrected chi connectivity index (χ0v) is 17.4. The number of methoxy groups -OCH3 is 1. The zero-order valence-electron chi connectivity index (χ0n) is 16.6. The Morgan fingerprint density at radius 3 is 2.67 bits per heavy atom. The molecule has 0 saturated heterocycles. The Balaban J connectivity index is 1.54. The van der Waals surface area contributed by atoms with Crippen LogP contribution in [0.2, 0.25) is 0 Å². The summed E-state index contributed by atoms with van der Waals surface area (Å²) < 4.78 is 15.8. The van der Waals surface area contributed by atoms with E-state index in [1.807, 2.05) is 19.1 Å². The number of esters is 1. The Kier molecular flexibility index (Phi) is 7.45. The van der Waals surface area contributed by atoms with Gasteiger partial charge in [0.15, 0.2) is 0 Å². The zero-order chi connectivity index (χ0) is 21.3. The summed E-state index contributed by atoms with van der Waals surface area (Å²) in [6.07, 6.45) is 0.745. The number of anilines is 1. The molecule has 0 aliphatic rings. The summed E-state index contributed by atoms with van der Waals surface area (Å²) in [5.74, 6) is 0.489. The van der Waals surface area contributed by atoms with Crippen molar-refractivity contribution in [2.24, 2.45) is 0 Å². The highest BCUT2D eigenvalue weighted by molar-refractivity contribution is 7.99. The minimum Gasteiger partial charge on any atom is -0.497 e. The topological polar surface area (TPSA) is 104 Å². The Labute approximate surface area is 178 Å². The van der Waals surface area contributed by atoms with Gasteiger partial charge in [0, 0.05) is 11.3 Å².